The average Bonchev–Trinajstić information content (AvgIpc) is 2.63. The number of rotatable bonds is 3. The number of halogens is 1. The first-order chi connectivity index (χ1) is 7.97. The lowest BCUT2D eigenvalue weighted by atomic mass is 10.1. The van der Waals surface area contributed by atoms with Crippen LogP contribution in [0.2, 0.25) is 0 Å². The first-order valence-electron chi connectivity index (χ1n) is 5.75. The van der Waals surface area contributed by atoms with Crippen molar-refractivity contribution in [2.24, 2.45) is 5.92 Å². The molecule has 0 saturated heterocycles. The van der Waals surface area contributed by atoms with Crippen LogP contribution in [0.5, 0.6) is 0 Å². The van der Waals surface area contributed by atoms with E-state index in [9.17, 15) is 8.42 Å². The van der Waals surface area contributed by atoms with Crippen molar-refractivity contribution >= 4 is 26.0 Å². The molecular weight excluding hydrogens is 302 g/mol. The van der Waals surface area contributed by atoms with E-state index in [1.807, 2.05) is 6.07 Å². The predicted octanol–water partition coefficient (Wildman–Crippen LogP) is 2.92. The quantitative estimate of drug-likeness (QED) is 0.931. The van der Waals surface area contributed by atoms with Crippen molar-refractivity contribution in [1.29, 1.82) is 0 Å². The molecule has 1 saturated carbocycles. The molecule has 0 radical (unpaired) electrons. The SMILES string of the molecule is CC1CCC(NS(=O)(=O)c2cccc(Br)c2)C1. The predicted molar refractivity (Wildman–Crippen MR) is 71.3 cm³/mol. The van der Waals surface area contributed by atoms with Crippen molar-refractivity contribution in [1.82, 2.24) is 4.72 Å². The van der Waals surface area contributed by atoms with Crippen molar-refractivity contribution in [2.75, 3.05) is 0 Å². The molecule has 1 fully saturated rings. The molecule has 5 heteroatoms. The summed E-state index contributed by atoms with van der Waals surface area (Å²) in [6, 6.07) is 6.88. The molecule has 1 aromatic carbocycles. The third-order valence-electron chi connectivity index (χ3n) is 3.12. The van der Waals surface area contributed by atoms with Gasteiger partial charge in [-0.05, 0) is 43.4 Å². The Morgan fingerprint density at radius 2 is 2.12 bits per heavy atom. The van der Waals surface area contributed by atoms with Gasteiger partial charge in [-0.3, -0.25) is 0 Å². The lowest BCUT2D eigenvalue weighted by Crippen LogP contribution is -2.32. The molecule has 0 heterocycles. The highest BCUT2D eigenvalue weighted by atomic mass is 79.9. The molecule has 2 rings (SSSR count). The fraction of sp³-hybridized carbons (Fsp3) is 0.500. The zero-order valence-electron chi connectivity index (χ0n) is 9.69. The van der Waals surface area contributed by atoms with Gasteiger partial charge in [-0.1, -0.05) is 28.9 Å². The van der Waals surface area contributed by atoms with Crippen LogP contribution in [0, 0.1) is 5.92 Å². The summed E-state index contributed by atoms with van der Waals surface area (Å²) in [6.45, 7) is 2.16. The molecule has 2 atom stereocenters. The second kappa shape index (κ2) is 5.08. The Hall–Kier alpha value is -0.390. The molecule has 1 aromatic rings. The van der Waals surface area contributed by atoms with Crippen molar-refractivity contribution in [3.05, 3.63) is 28.7 Å². The number of benzene rings is 1. The van der Waals surface area contributed by atoms with Gasteiger partial charge in [0.1, 0.15) is 0 Å². The zero-order chi connectivity index (χ0) is 12.5. The molecule has 0 spiro atoms. The minimum Gasteiger partial charge on any atom is -0.208 e. The van der Waals surface area contributed by atoms with E-state index in [2.05, 4.69) is 27.6 Å². The van der Waals surface area contributed by atoms with Gasteiger partial charge >= 0.3 is 0 Å². The van der Waals surface area contributed by atoms with Crippen molar-refractivity contribution < 1.29 is 8.42 Å². The van der Waals surface area contributed by atoms with Gasteiger partial charge < -0.3 is 0 Å². The summed E-state index contributed by atoms with van der Waals surface area (Å²) in [5.41, 5.74) is 0. The molecule has 0 bridgehead atoms. The minimum absolute atomic E-state index is 0.0916. The van der Waals surface area contributed by atoms with Crippen LogP contribution in [0.3, 0.4) is 0 Å². The van der Waals surface area contributed by atoms with E-state index >= 15 is 0 Å². The summed E-state index contributed by atoms with van der Waals surface area (Å²) in [6.07, 6.45) is 2.98. The van der Waals surface area contributed by atoms with E-state index < -0.39 is 10.0 Å². The smallest absolute Gasteiger partial charge is 0.208 e. The van der Waals surface area contributed by atoms with E-state index in [-0.39, 0.29) is 6.04 Å². The van der Waals surface area contributed by atoms with Gasteiger partial charge in [0.25, 0.3) is 0 Å². The van der Waals surface area contributed by atoms with Gasteiger partial charge in [0.05, 0.1) is 4.90 Å². The monoisotopic (exact) mass is 317 g/mol. The summed E-state index contributed by atoms with van der Waals surface area (Å²) >= 11 is 3.28. The third-order valence-corrected chi connectivity index (χ3v) is 5.13. The zero-order valence-corrected chi connectivity index (χ0v) is 12.1. The van der Waals surface area contributed by atoms with Gasteiger partial charge in [-0.2, -0.15) is 0 Å². The van der Waals surface area contributed by atoms with Gasteiger partial charge in [0, 0.05) is 10.5 Å². The lowest BCUT2D eigenvalue weighted by molar-refractivity contribution is 0.538. The Labute approximate surface area is 111 Å². The maximum absolute atomic E-state index is 12.1. The Balaban J connectivity index is 2.14. The maximum atomic E-state index is 12.1. The first kappa shape index (κ1) is 13.1. The highest BCUT2D eigenvalue weighted by Crippen LogP contribution is 2.26. The molecule has 1 aliphatic carbocycles. The molecule has 94 valence electrons. The van der Waals surface area contributed by atoms with Gasteiger partial charge in [0.15, 0.2) is 0 Å². The number of nitrogens with one attached hydrogen (secondary N) is 1. The van der Waals surface area contributed by atoms with Gasteiger partial charge in [-0.15, -0.1) is 0 Å². The maximum Gasteiger partial charge on any atom is 0.240 e. The van der Waals surface area contributed by atoms with Gasteiger partial charge in [0.2, 0.25) is 10.0 Å². The van der Waals surface area contributed by atoms with Crippen LogP contribution in [-0.2, 0) is 10.0 Å². The Bertz CT molecular complexity index is 501. The molecule has 2 unspecified atom stereocenters. The number of sulfonamides is 1. The molecule has 0 aliphatic heterocycles. The molecule has 1 aliphatic rings. The first-order valence-corrected chi connectivity index (χ1v) is 8.03. The molecule has 3 nitrogen and oxygen atoms in total. The normalized spacial score (nSPS) is 25.1. The van der Waals surface area contributed by atoms with Crippen LogP contribution >= 0.6 is 15.9 Å². The van der Waals surface area contributed by atoms with Crippen LogP contribution in [0.1, 0.15) is 26.2 Å². The molecular formula is C12H16BrNO2S. The molecule has 17 heavy (non-hydrogen) atoms. The minimum atomic E-state index is -3.37. The second-order valence-electron chi connectivity index (χ2n) is 4.69. The highest BCUT2D eigenvalue weighted by Gasteiger charge is 2.26. The Morgan fingerprint density at radius 1 is 1.35 bits per heavy atom. The van der Waals surface area contributed by atoms with E-state index in [0.29, 0.717) is 10.8 Å². The second-order valence-corrected chi connectivity index (χ2v) is 7.32. The average molecular weight is 318 g/mol. The number of hydrogen-bond acceptors (Lipinski definition) is 2. The summed E-state index contributed by atoms with van der Waals surface area (Å²) in [7, 11) is -3.37. The Morgan fingerprint density at radius 3 is 2.71 bits per heavy atom. The fourth-order valence-electron chi connectivity index (χ4n) is 2.24. The Kier molecular flexibility index (Phi) is 3.90. The van der Waals surface area contributed by atoms with Crippen molar-refractivity contribution in [3.63, 3.8) is 0 Å². The standard InChI is InChI=1S/C12H16BrNO2S/c1-9-5-6-11(7-9)14-17(15,16)12-4-2-3-10(13)8-12/h2-4,8-9,11,14H,5-7H2,1H3. The van der Waals surface area contributed by atoms with Crippen molar-refractivity contribution in [3.8, 4) is 0 Å². The van der Waals surface area contributed by atoms with Crippen LogP contribution in [0.4, 0.5) is 0 Å². The van der Waals surface area contributed by atoms with E-state index in [0.717, 1.165) is 23.7 Å². The summed E-state index contributed by atoms with van der Waals surface area (Å²) < 4.78 is 27.8. The molecule has 0 aromatic heterocycles. The van der Waals surface area contributed by atoms with E-state index in [1.54, 1.807) is 18.2 Å². The van der Waals surface area contributed by atoms with Crippen LogP contribution in [-0.4, -0.2) is 14.5 Å². The van der Waals surface area contributed by atoms with Gasteiger partial charge in [-0.25, -0.2) is 13.1 Å². The topological polar surface area (TPSA) is 46.2 Å². The van der Waals surface area contributed by atoms with E-state index in [4.69, 9.17) is 0 Å². The summed E-state index contributed by atoms with van der Waals surface area (Å²) in [4.78, 5) is 0.325. The fourth-order valence-corrected chi connectivity index (χ4v) is 4.12. The van der Waals surface area contributed by atoms with Crippen LogP contribution in [0.15, 0.2) is 33.6 Å². The lowest BCUT2D eigenvalue weighted by Gasteiger charge is -2.13. The van der Waals surface area contributed by atoms with E-state index in [1.165, 1.54) is 0 Å². The third kappa shape index (κ3) is 3.30. The number of hydrogen-bond donors (Lipinski definition) is 1. The van der Waals surface area contributed by atoms with Crippen molar-refractivity contribution in [2.45, 2.75) is 37.1 Å². The van der Waals surface area contributed by atoms with Crippen LogP contribution < -0.4 is 4.72 Å². The molecule has 0 amide bonds. The summed E-state index contributed by atoms with van der Waals surface area (Å²) in [5, 5.41) is 0. The largest absolute Gasteiger partial charge is 0.240 e. The molecule has 1 N–H and O–H groups in total. The van der Waals surface area contributed by atoms with Crippen LogP contribution in [0.25, 0.3) is 0 Å². The summed E-state index contributed by atoms with van der Waals surface area (Å²) in [5.74, 6) is 0.616. The highest BCUT2D eigenvalue weighted by molar-refractivity contribution is 9.10.